The number of aliphatic imine (C=N–C) groups is 1. The lowest BCUT2D eigenvalue weighted by Crippen LogP contribution is -2.64. The number of imide groups is 1. The predicted molar refractivity (Wildman–Crippen MR) is 131 cm³/mol. The first-order valence-electron chi connectivity index (χ1n) is 11.3. The van der Waals surface area contributed by atoms with Crippen LogP contribution in [0.4, 0.5) is 16.2 Å². The Labute approximate surface area is 198 Å². The van der Waals surface area contributed by atoms with Gasteiger partial charge in [0.05, 0.1) is 5.70 Å². The van der Waals surface area contributed by atoms with Crippen LogP contribution in [0.15, 0.2) is 65.8 Å². The van der Waals surface area contributed by atoms with Gasteiger partial charge >= 0.3 is 6.03 Å². The molecule has 3 aliphatic heterocycles. The van der Waals surface area contributed by atoms with Crippen molar-refractivity contribution in [3.63, 3.8) is 0 Å². The Hall–Kier alpha value is -3.85. The van der Waals surface area contributed by atoms with Crippen molar-refractivity contribution in [2.24, 2.45) is 4.99 Å². The molecule has 176 valence electrons. The maximum absolute atomic E-state index is 13.4. The molecule has 0 radical (unpaired) electrons. The zero-order valence-electron chi connectivity index (χ0n) is 19.5. The first kappa shape index (κ1) is 22.0. The monoisotopic (exact) mass is 460 g/mol. The number of amides is 3. The quantitative estimate of drug-likeness (QED) is 0.712. The summed E-state index contributed by atoms with van der Waals surface area (Å²) in [6.07, 6.45) is 1.67. The van der Waals surface area contributed by atoms with E-state index in [2.05, 4.69) is 0 Å². The molecule has 3 aliphatic rings. The van der Waals surface area contributed by atoms with Gasteiger partial charge in [0, 0.05) is 57.4 Å². The molecule has 9 heteroatoms. The molecule has 1 fully saturated rings. The number of fused-ring (bicyclic) bond motifs is 3. The van der Waals surface area contributed by atoms with Gasteiger partial charge < -0.3 is 14.9 Å². The summed E-state index contributed by atoms with van der Waals surface area (Å²) in [5.41, 5.74) is 3.90. The SMILES string of the molecule is CN(C)c1ccc(N2C(c3ccccc3)=CN3C2=NC2C3C(=O)N(CCCO)C(=O)N2C)cc1. The first-order valence-corrected chi connectivity index (χ1v) is 11.3. The molecule has 2 aromatic carbocycles. The molecule has 1 N–H and O–H groups in total. The maximum atomic E-state index is 13.4. The van der Waals surface area contributed by atoms with Crippen molar-refractivity contribution >= 4 is 35.0 Å². The zero-order chi connectivity index (χ0) is 24.0. The third-order valence-electron chi connectivity index (χ3n) is 6.45. The van der Waals surface area contributed by atoms with E-state index in [9.17, 15) is 14.7 Å². The van der Waals surface area contributed by atoms with Crippen molar-refractivity contribution in [2.75, 3.05) is 44.1 Å². The highest BCUT2D eigenvalue weighted by Gasteiger charge is 2.54. The third-order valence-corrected chi connectivity index (χ3v) is 6.45. The van der Waals surface area contributed by atoms with E-state index in [-0.39, 0.29) is 25.1 Å². The van der Waals surface area contributed by atoms with E-state index in [1.54, 1.807) is 7.05 Å². The number of hydrogen-bond acceptors (Lipinski definition) is 7. The van der Waals surface area contributed by atoms with Crippen LogP contribution in [-0.2, 0) is 4.79 Å². The number of nitrogens with zero attached hydrogens (tertiary/aromatic N) is 6. The largest absolute Gasteiger partial charge is 0.396 e. The second-order valence-corrected chi connectivity index (χ2v) is 8.78. The molecule has 2 aromatic rings. The predicted octanol–water partition coefficient (Wildman–Crippen LogP) is 2.21. The number of guanidine groups is 1. The van der Waals surface area contributed by atoms with Gasteiger partial charge in [-0.25, -0.2) is 9.79 Å². The van der Waals surface area contributed by atoms with Crippen molar-refractivity contribution in [3.05, 3.63) is 66.4 Å². The number of carbonyl (C=O) groups is 2. The van der Waals surface area contributed by atoms with Gasteiger partial charge in [-0.05, 0) is 30.7 Å². The van der Waals surface area contributed by atoms with Gasteiger partial charge in [-0.15, -0.1) is 0 Å². The Morgan fingerprint density at radius 2 is 1.74 bits per heavy atom. The summed E-state index contributed by atoms with van der Waals surface area (Å²) in [6, 6.07) is 17.1. The number of urea groups is 1. The molecule has 1 saturated heterocycles. The van der Waals surface area contributed by atoms with Crippen LogP contribution in [0.5, 0.6) is 0 Å². The highest BCUT2D eigenvalue weighted by Crippen LogP contribution is 2.40. The summed E-state index contributed by atoms with van der Waals surface area (Å²) in [5.74, 6) is 0.317. The van der Waals surface area contributed by atoms with Crippen LogP contribution in [0.3, 0.4) is 0 Å². The zero-order valence-corrected chi connectivity index (χ0v) is 19.5. The fourth-order valence-electron chi connectivity index (χ4n) is 4.64. The Balaban J connectivity index is 1.57. The van der Waals surface area contributed by atoms with Crippen molar-refractivity contribution in [2.45, 2.75) is 18.6 Å². The van der Waals surface area contributed by atoms with E-state index >= 15 is 0 Å². The van der Waals surface area contributed by atoms with Crippen molar-refractivity contribution < 1.29 is 14.7 Å². The van der Waals surface area contributed by atoms with Gasteiger partial charge in [-0.1, -0.05) is 30.3 Å². The van der Waals surface area contributed by atoms with Crippen molar-refractivity contribution in [1.29, 1.82) is 0 Å². The molecule has 0 saturated carbocycles. The molecule has 0 aromatic heterocycles. The number of benzene rings is 2. The van der Waals surface area contributed by atoms with E-state index in [0.717, 1.165) is 22.6 Å². The van der Waals surface area contributed by atoms with Crippen molar-refractivity contribution in [1.82, 2.24) is 14.7 Å². The summed E-state index contributed by atoms with van der Waals surface area (Å²) in [7, 11) is 5.66. The molecule has 2 atom stereocenters. The Kier molecular flexibility index (Phi) is 5.49. The number of aliphatic hydroxyl groups is 1. The maximum Gasteiger partial charge on any atom is 0.328 e. The van der Waals surface area contributed by atoms with Gasteiger partial charge in [-0.3, -0.25) is 19.5 Å². The number of rotatable bonds is 6. The minimum absolute atomic E-state index is 0.0882. The normalized spacial score (nSPS) is 21.5. The van der Waals surface area contributed by atoms with Crippen LogP contribution in [0.25, 0.3) is 5.70 Å². The number of hydrogen-bond donors (Lipinski definition) is 1. The first-order chi connectivity index (χ1) is 16.4. The topological polar surface area (TPSA) is 82.9 Å². The molecule has 0 aliphatic carbocycles. The molecule has 0 bridgehead atoms. The number of likely N-dealkylation sites (N-methyl/N-ethyl adjacent to an activating group) is 1. The van der Waals surface area contributed by atoms with E-state index in [1.807, 2.05) is 89.6 Å². The third kappa shape index (κ3) is 3.40. The van der Waals surface area contributed by atoms with Crippen LogP contribution in [0.2, 0.25) is 0 Å². The molecule has 9 nitrogen and oxygen atoms in total. The van der Waals surface area contributed by atoms with Crippen LogP contribution in [0, 0.1) is 0 Å². The van der Waals surface area contributed by atoms with E-state index in [4.69, 9.17) is 4.99 Å². The van der Waals surface area contributed by atoms with Crippen LogP contribution in [0.1, 0.15) is 12.0 Å². The van der Waals surface area contributed by atoms with Crippen LogP contribution < -0.4 is 9.80 Å². The minimum Gasteiger partial charge on any atom is -0.396 e. The summed E-state index contributed by atoms with van der Waals surface area (Å²) in [6.45, 7) is 0.0883. The van der Waals surface area contributed by atoms with Crippen LogP contribution in [-0.4, -0.2) is 84.2 Å². The molecular weight excluding hydrogens is 432 g/mol. The van der Waals surface area contributed by atoms with Gasteiger partial charge in [0.25, 0.3) is 5.91 Å². The smallest absolute Gasteiger partial charge is 0.328 e. The Morgan fingerprint density at radius 1 is 1.03 bits per heavy atom. The second-order valence-electron chi connectivity index (χ2n) is 8.78. The van der Waals surface area contributed by atoms with Gasteiger partial charge in [0.1, 0.15) is 0 Å². The summed E-state index contributed by atoms with van der Waals surface area (Å²) < 4.78 is 0. The Morgan fingerprint density at radius 3 is 2.38 bits per heavy atom. The lowest BCUT2D eigenvalue weighted by atomic mass is 10.1. The summed E-state index contributed by atoms with van der Waals surface area (Å²) >= 11 is 0. The van der Waals surface area contributed by atoms with Crippen molar-refractivity contribution in [3.8, 4) is 0 Å². The summed E-state index contributed by atoms with van der Waals surface area (Å²) in [5, 5.41) is 9.23. The highest BCUT2D eigenvalue weighted by atomic mass is 16.3. The minimum atomic E-state index is -0.652. The lowest BCUT2D eigenvalue weighted by Gasteiger charge is -2.40. The summed E-state index contributed by atoms with van der Waals surface area (Å²) in [4.78, 5) is 39.9. The highest BCUT2D eigenvalue weighted by molar-refractivity contribution is 6.16. The number of aliphatic hydroxyl groups excluding tert-OH is 1. The van der Waals surface area contributed by atoms with E-state index in [1.165, 1.54) is 9.80 Å². The molecule has 3 amide bonds. The fourth-order valence-corrected chi connectivity index (χ4v) is 4.64. The van der Waals surface area contributed by atoms with Crippen LogP contribution >= 0.6 is 0 Å². The average Bonchev–Trinajstić information content (AvgIpc) is 3.40. The average molecular weight is 461 g/mol. The molecule has 5 rings (SSSR count). The van der Waals surface area contributed by atoms with Gasteiger partial charge in [0.15, 0.2) is 12.2 Å². The molecule has 0 spiro atoms. The van der Waals surface area contributed by atoms with Gasteiger partial charge in [0.2, 0.25) is 5.96 Å². The second kappa shape index (κ2) is 8.49. The number of anilines is 2. The van der Waals surface area contributed by atoms with E-state index in [0.29, 0.717) is 12.4 Å². The molecule has 3 heterocycles. The standard InChI is InChI=1S/C25H28N6O3/c1-27(2)18-10-12-19(13-11-18)31-20(17-8-5-4-6-9-17)16-30-21-22(26-24(30)31)28(3)25(34)29(23(21)33)14-7-15-32/h4-6,8-13,16,21-22,32H,7,14-15H2,1-3H3. The fraction of sp³-hybridized carbons (Fsp3) is 0.320. The number of carbonyl (C=O) groups excluding carboxylic acids is 2. The molecule has 34 heavy (non-hydrogen) atoms. The van der Waals surface area contributed by atoms with Gasteiger partial charge in [-0.2, -0.15) is 0 Å². The Bertz CT molecular complexity index is 1160. The van der Waals surface area contributed by atoms with E-state index < -0.39 is 12.2 Å². The lowest BCUT2D eigenvalue weighted by molar-refractivity contribution is -0.136. The molecular formula is C25H28N6O3. The molecule has 2 unspecified atom stereocenters.